The Morgan fingerprint density at radius 1 is 1.33 bits per heavy atom. The Kier molecular flexibility index (Phi) is 4.94. The summed E-state index contributed by atoms with van der Waals surface area (Å²) < 4.78 is 0. The Morgan fingerprint density at radius 3 is 2.33 bits per heavy atom. The third-order valence-corrected chi connectivity index (χ3v) is 4.49. The van der Waals surface area contributed by atoms with E-state index in [1.54, 1.807) is 0 Å². The zero-order valence-electron chi connectivity index (χ0n) is 10.6. The van der Waals surface area contributed by atoms with Gasteiger partial charge in [-0.1, -0.05) is 13.8 Å². The minimum absolute atomic E-state index is 0.281. The molecule has 1 aliphatic rings. The van der Waals surface area contributed by atoms with Crippen LogP contribution < -0.4 is 5.73 Å². The van der Waals surface area contributed by atoms with Crippen LogP contribution in [0.1, 0.15) is 34.1 Å². The Bertz CT molecular complexity index is 186. The molecule has 0 aromatic rings. The molecular weight excluding hydrogens is 204 g/mol. The maximum Gasteiger partial charge on any atom is 0.0432 e. The molecule has 1 saturated heterocycles. The van der Waals surface area contributed by atoms with Gasteiger partial charge in [0.2, 0.25) is 0 Å². The third kappa shape index (κ3) is 3.11. The van der Waals surface area contributed by atoms with E-state index in [4.69, 9.17) is 5.73 Å². The van der Waals surface area contributed by atoms with Crippen molar-refractivity contribution in [1.29, 1.82) is 0 Å². The van der Waals surface area contributed by atoms with Crippen molar-refractivity contribution in [3.05, 3.63) is 0 Å². The van der Waals surface area contributed by atoms with Crippen LogP contribution in [-0.4, -0.2) is 41.1 Å². The third-order valence-electron chi connectivity index (χ3n) is 3.26. The second-order valence-corrected chi connectivity index (χ2v) is 6.48. The van der Waals surface area contributed by atoms with Crippen molar-refractivity contribution in [3.8, 4) is 0 Å². The minimum atomic E-state index is 0.281. The Morgan fingerprint density at radius 2 is 2.00 bits per heavy atom. The van der Waals surface area contributed by atoms with E-state index in [0.29, 0.717) is 6.04 Å². The van der Waals surface area contributed by atoms with Crippen molar-refractivity contribution >= 4 is 11.8 Å². The number of thioether (sulfide) groups is 1. The molecule has 0 aromatic heterocycles. The van der Waals surface area contributed by atoms with Crippen LogP contribution in [-0.2, 0) is 0 Å². The lowest BCUT2D eigenvalue weighted by Gasteiger charge is -2.44. The molecule has 1 rings (SSSR count). The molecule has 2 N–H and O–H groups in total. The summed E-state index contributed by atoms with van der Waals surface area (Å²) in [4.78, 5) is 2.64. The quantitative estimate of drug-likeness (QED) is 0.785. The lowest BCUT2D eigenvalue weighted by atomic mass is 9.93. The first-order valence-corrected chi connectivity index (χ1v) is 7.22. The van der Waals surface area contributed by atoms with Crippen molar-refractivity contribution in [1.82, 2.24) is 4.90 Å². The summed E-state index contributed by atoms with van der Waals surface area (Å²) in [6.45, 7) is 11.2. The van der Waals surface area contributed by atoms with Gasteiger partial charge in [-0.2, -0.15) is 11.8 Å². The van der Waals surface area contributed by atoms with Crippen molar-refractivity contribution in [2.45, 2.75) is 45.7 Å². The van der Waals surface area contributed by atoms with Crippen LogP contribution in [0.25, 0.3) is 0 Å². The van der Waals surface area contributed by atoms with E-state index >= 15 is 0 Å². The van der Waals surface area contributed by atoms with Crippen LogP contribution in [0.3, 0.4) is 0 Å². The smallest absolute Gasteiger partial charge is 0.0432 e. The molecule has 0 spiro atoms. The lowest BCUT2D eigenvalue weighted by Crippen LogP contribution is -2.57. The van der Waals surface area contributed by atoms with E-state index in [1.165, 1.54) is 24.5 Å². The first-order valence-electron chi connectivity index (χ1n) is 6.06. The number of nitrogens with two attached hydrogens (primary N) is 1. The molecule has 1 atom stereocenters. The van der Waals surface area contributed by atoms with E-state index < -0.39 is 0 Å². The van der Waals surface area contributed by atoms with Crippen molar-refractivity contribution in [3.63, 3.8) is 0 Å². The number of hydrogen-bond donors (Lipinski definition) is 1. The van der Waals surface area contributed by atoms with Crippen LogP contribution >= 0.6 is 11.8 Å². The highest BCUT2D eigenvalue weighted by Gasteiger charge is 2.40. The average molecular weight is 230 g/mol. The predicted molar refractivity (Wildman–Crippen MR) is 70.4 cm³/mol. The molecule has 0 saturated carbocycles. The highest BCUT2D eigenvalue weighted by atomic mass is 32.2. The molecule has 1 unspecified atom stereocenters. The molecule has 3 heteroatoms. The normalized spacial score (nSPS) is 27.2. The number of hydrogen-bond acceptors (Lipinski definition) is 3. The summed E-state index contributed by atoms with van der Waals surface area (Å²) in [6, 6.07) is 0.606. The lowest BCUT2D eigenvalue weighted by molar-refractivity contribution is 0.0683. The van der Waals surface area contributed by atoms with Crippen molar-refractivity contribution in [2.75, 3.05) is 24.6 Å². The molecule has 1 aliphatic heterocycles. The van der Waals surface area contributed by atoms with Gasteiger partial charge in [0, 0.05) is 30.4 Å². The van der Waals surface area contributed by atoms with Crippen molar-refractivity contribution in [2.24, 2.45) is 11.7 Å². The molecule has 1 fully saturated rings. The molecule has 0 bridgehead atoms. The summed E-state index contributed by atoms with van der Waals surface area (Å²) in [5, 5.41) is 0. The molecule has 0 amide bonds. The molecule has 2 nitrogen and oxygen atoms in total. The van der Waals surface area contributed by atoms with Gasteiger partial charge in [0.15, 0.2) is 0 Å². The standard InChI is InChI=1S/C12H26N2S/c1-10(2)7-14(11(3)4)12(8-13)5-6-15-9-12/h10-11H,5-9,13H2,1-4H3. The Balaban J connectivity index is 2.75. The van der Waals surface area contributed by atoms with Crippen LogP contribution in [0.15, 0.2) is 0 Å². The van der Waals surface area contributed by atoms with Gasteiger partial charge in [0.1, 0.15) is 0 Å². The minimum Gasteiger partial charge on any atom is -0.329 e. The molecule has 90 valence electrons. The molecular formula is C12H26N2S. The van der Waals surface area contributed by atoms with Gasteiger partial charge in [-0.05, 0) is 31.9 Å². The summed E-state index contributed by atoms with van der Waals surface area (Å²) in [5.74, 6) is 3.22. The van der Waals surface area contributed by atoms with Gasteiger partial charge in [0.05, 0.1) is 0 Å². The predicted octanol–water partition coefficient (Wildman–Crippen LogP) is 2.19. The van der Waals surface area contributed by atoms with Gasteiger partial charge in [-0.3, -0.25) is 4.90 Å². The van der Waals surface area contributed by atoms with Crippen LogP contribution in [0.5, 0.6) is 0 Å². The van der Waals surface area contributed by atoms with Crippen LogP contribution in [0.4, 0.5) is 0 Å². The van der Waals surface area contributed by atoms with Crippen LogP contribution in [0, 0.1) is 5.92 Å². The van der Waals surface area contributed by atoms with E-state index in [2.05, 4.69) is 44.4 Å². The van der Waals surface area contributed by atoms with Gasteiger partial charge in [-0.15, -0.1) is 0 Å². The molecule has 0 radical (unpaired) electrons. The first-order chi connectivity index (χ1) is 7.02. The monoisotopic (exact) mass is 230 g/mol. The van der Waals surface area contributed by atoms with Gasteiger partial charge in [0.25, 0.3) is 0 Å². The Hall–Kier alpha value is 0.270. The summed E-state index contributed by atoms with van der Waals surface area (Å²) in [6.07, 6.45) is 1.26. The van der Waals surface area contributed by atoms with E-state index in [9.17, 15) is 0 Å². The first kappa shape index (κ1) is 13.3. The van der Waals surface area contributed by atoms with Crippen molar-refractivity contribution < 1.29 is 0 Å². The largest absolute Gasteiger partial charge is 0.329 e. The highest BCUT2D eigenvalue weighted by molar-refractivity contribution is 7.99. The van der Waals surface area contributed by atoms with Gasteiger partial charge in [-0.25, -0.2) is 0 Å². The second-order valence-electron chi connectivity index (χ2n) is 5.37. The fourth-order valence-electron chi connectivity index (χ4n) is 2.45. The highest BCUT2D eigenvalue weighted by Crippen LogP contribution is 2.34. The zero-order chi connectivity index (χ0) is 11.5. The van der Waals surface area contributed by atoms with E-state index in [0.717, 1.165) is 12.5 Å². The number of rotatable bonds is 5. The average Bonchev–Trinajstić information content (AvgIpc) is 2.63. The fraction of sp³-hybridized carbons (Fsp3) is 1.00. The summed E-state index contributed by atoms with van der Waals surface area (Å²) in [5.41, 5.74) is 6.31. The van der Waals surface area contributed by atoms with E-state index in [1.807, 2.05) is 0 Å². The number of nitrogens with zero attached hydrogens (tertiary/aromatic N) is 1. The summed E-state index contributed by atoms with van der Waals surface area (Å²) in [7, 11) is 0. The molecule has 1 heterocycles. The Labute approximate surface area is 99.0 Å². The van der Waals surface area contributed by atoms with Gasteiger partial charge >= 0.3 is 0 Å². The molecule has 0 aromatic carbocycles. The second kappa shape index (κ2) is 5.55. The maximum atomic E-state index is 6.03. The molecule has 15 heavy (non-hydrogen) atoms. The maximum absolute atomic E-state index is 6.03. The topological polar surface area (TPSA) is 29.3 Å². The molecule has 0 aliphatic carbocycles. The van der Waals surface area contributed by atoms with Crippen LogP contribution in [0.2, 0.25) is 0 Å². The fourth-order valence-corrected chi connectivity index (χ4v) is 3.92. The summed E-state index contributed by atoms with van der Waals surface area (Å²) >= 11 is 2.06. The van der Waals surface area contributed by atoms with Gasteiger partial charge < -0.3 is 5.73 Å². The van der Waals surface area contributed by atoms with E-state index in [-0.39, 0.29) is 5.54 Å². The zero-order valence-corrected chi connectivity index (χ0v) is 11.4. The SMILES string of the molecule is CC(C)CN(C(C)C)C1(CN)CCSC1.